The number of carbonyl (C=O) groups excluding carboxylic acids is 3. The van der Waals surface area contributed by atoms with Gasteiger partial charge in [0, 0.05) is 24.5 Å². The summed E-state index contributed by atoms with van der Waals surface area (Å²) >= 11 is 0. The summed E-state index contributed by atoms with van der Waals surface area (Å²) in [7, 11) is 1.57. The molecule has 3 fully saturated rings. The number of hydrogen-bond donors (Lipinski definition) is 1. The number of nitrogens with zero attached hydrogens (tertiary/aromatic N) is 3. The first-order valence-corrected chi connectivity index (χ1v) is 16.4. The van der Waals surface area contributed by atoms with Crippen LogP contribution in [0.3, 0.4) is 0 Å². The third-order valence-corrected chi connectivity index (χ3v) is 10.3. The summed E-state index contributed by atoms with van der Waals surface area (Å²) in [6.07, 6.45) is 4.11. The number of rotatable bonds is 14. The normalized spacial score (nSPS) is 28.0. The summed E-state index contributed by atoms with van der Waals surface area (Å²) in [4.78, 5) is 49.2. The van der Waals surface area contributed by atoms with E-state index in [1.54, 1.807) is 53.3 Å². The molecule has 0 radical (unpaired) electrons. The number of methoxy groups -OCH3 is 1. The van der Waals surface area contributed by atoms with Gasteiger partial charge in [-0.15, -0.1) is 13.2 Å². The van der Waals surface area contributed by atoms with Gasteiger partial charge in [0.05, 0.1) is 43.8 Å². The van der Waals surface area contributed by atoms with Crippen molar-refractivity contribution in [3.8, 4) is 11.5 Å². The number of fused-ring (bicyclic) bond motifs is 1. The summed E-state index contributed by atoms with van der Waals surface area (Å²) in [5.41, 5.74) is -1.06. The molecule has 3 amide bonds. The van der Waals surface area contributed by atoms with Gasteiger partial charge in [-0.2, -0.15) is 0 Å². The van der Waals surface area contributed by atoms with Crippen LogP contribution in [0, 0.1) is 17.8 Å². The van der Waals surface area contributed by atoms with Crippen LogP contribution in [0.15, 0.2) is 73.8 Å². The number of anilines is 2. The minimum Gasteiger partial charge on any atom is -0.497 e. The number of hydrogen-bond acceptors (Lipinski definition) is 7. The molecule has 3 aliphatic heterocycles. The Labute approximate surface area is 277 Å². The van der Waals surface area contributed by atoms with Crippen molar-refractivity contribution >= 4 is 29.1 Å². The Morgan fingerprint density at radius 2 is 1.57 bits per heavy atom. The third-order valence-electron chi connectivity index (χ3n) is 10.3. The van der Waals surface area contributed by atoms with Gasteiger partial charge < -0.3 is 34.0 Å². The van der Waals surface area contributed by atoms with Crippen LogP contribution in [0.4, 0.5) is 11.4 Å². The fourth-order valence-electron chi connectivity index (χ4n) is 8.01. The first-order valence-electron chi connectivity index (χ1n) is 16.4. The van der Waals surface area contributed by atoms with Crippen molar-refractivity contribution in [2.45, 2.75) is 63.8 Å². The van der Waals surface area contributed by atoms with Gasteiger partial charge in [-0.1, -0.05) is 26.0 Å². The molecule has 47 heavy (non-hydrogen) atoms. The molecule has 0 aromatic heterocycles. The average molecular weight is 646 g/mol. The van der Waals surface area contributed by atoms with Crippen molar-refractivity contribution in [2.24, 2.45) is 17.8 Å². The Balaban J connectivity index is 1.62. The fraction of sp³-hybridized carbons (Fsp3) is 0.486. The molecule has 10 nitrogen and oxygen atoms in total. The highest BCUT2D eigenvalue weighted by atomic mass is 16.5. The minimum absolute atomic E-state index is 0.148. The zero-order valence-electron chi connectivity index (χ0n) is 28.1. The molecule has 10 heteroatoms. The molecule has 3 saturated heterocycles. The van der Waals surface area contributed by atoms with Crippen LogP contribution < -0.4 is 19.3 Å². The number of benzene rings is 2. The van der Waals surface area contributed by atoms with Crippen molar-refractivity contribution in [3.05, 3.63) is 73.8 Å². The van der Waals surface area contributed by atoms with Crippen LogP contribution in [0.25, 0.3) is 0 Å². The van der Waals surface area contributed by atoms with Crippen molar-refractivity contribution < 1.29 is 33.7 Å². The lowest BCUT2D eigenvalue weighted by molar-refractivity contribution is -0.149. The highest BCUT2D eigenvalue weighted by Gasteiger charge is 2.80. The molecule has 7 atom stereocenters. The first kappa shape index (κ1) is 34.2. The lowest BCUT2D eigenvalue weighted by Crippen LogP contribution is -2.59. The van der Waals surface area contributed by atoms with Crippen molar-refractivity contribution in [1.29, 1.82) is 0 Å². The van der Waals surface area contributed by atoms with Crippen molar-refractivity contribution in [3.63, 3.8) is 0 Å². The molecule has 1 N–H and O–H groups in total. The Morgan fingerprint density at radius 3 is 2.06 bits per heavy atom. The fourth-order valence-corrected chi connectivity index (χ4v) is 8.01. The van der Waals surface area contributed by atoms with Crippen molar-refractivity contribution in [1.82, 2.24) is 4.90 Å². The number of amides is 3. The van der Waals surface area contributed by atoms with E-state index in [9.17, 15) is 19.5 Å². The standard InChI is InChI=1S/C37H47N3O7/c1-8-20-38(26-14-18-29(19-15-26)46-11-4)33(42)30-31-34(43)40(25(10-3)23-41)32(37(31)22-24(5)36(30,6)47-37)35(44)39(21-9-2)27-12-16-28(45-7)17-13-27/h8-9,12-19,24-25,30-32,41H,1-2,10-11,20-23H2,3-7H3/t24?,25-,30-,31-,32?,36+,37?/m0/s1. The molecular formula is C37H47N3O7. The van der Waals surface area contributed by atoms with E-state index in [1.165, 1.54) is 4.90 Å². The zero-order valence-corrected chi connectivity index (χ0v) is 28.1. The van der Waals surface area contributed by atoms with Gasteiger partial charge in [0.1, 0.15) is 23.1 Å². The second-order valence-electron chi connectivity index (χ2n) is 12.8. The van der Waals surface area contributed by atoms with Gasteiger partial charge in [0.15, 0.2) is 0 Å². The van der Waals surface area contributed by atoms with E-state index in [4.69, 9.17) is 14.2 Å². The van der Waals surface area contributed by atoms with E-state index in [1.807, 2.05) is 52.0 Å². The molecule has 3 heterocycles. The summed E-state index contributed by atoms with van der Waals surface area (Å²) in [6.45, 7) is 16.0. The highest BCUT2D eigenvalue weighted by molar-refractivity contribution is 6.07. The summed E-state index contributed by atoms with van der Waals surface area (Å²) in [6, 6.07) is 12.6. The van der Waals surface area contributed by atoms with E-state index < -0.39 is 35.1 Å². The van der Waals surface area contributed by atoms with E-state index in [2.05, 4.69) is 13.2 Å². The maximum absolute atomic E-state index is 14.9. The van der Waals surface area contributed by atoms with Gasteiger partial charge in [-0.3, -0.25) is 14.4 Å². The average Bonchev–Trinajstić information content (AvgIpc) is 3.59. The Morgan fingerprint density at radius 1 is 1.02 bits per heavy atom. The number of likely N-dealkylation sites (tertiary alicyclic amines) is 1. The van der Waals surface area contributed by atoms with Gasteiger partial charge in [-0.25, -0.2) is 0 Å². The topological polar surface area (TPSA) is 109 Å². The van der Waals surface area contributed by atoms with Gasteiger partial charge in [-0.05, 0) is 81.1 Å². The second kappa shape index (κ2) is 13.5. The van der Waals surface area contributed by atoms with E-state index in [-0.39, 0.29) is 43.3 Å². The van der Waals surface area contributed by atoms with Gasteiger partial charge in [0.25, 0.3) is 5.91 Å². The van der Waals surface area contributed by atoms with E-state index >= 15 is 0 Å². The van der Waals surface area contributed by atoms with Gasteiger partial charge >= 0.3 is 0 Å². The van der Waals surface area contributed by atoms with Gasteiger partial charge in [0.2, 0.25) is 11.8 Å². The van der Waals surface area contributed by atoms with Crippen LogP contribution in [0.5, 0.6) is 11.5 Å². The molecule has 2 aromatic rings. The first-order chi connectivity index (χ1) is 22.6. The smallest absolute Gasteiger partial charge is 0.253 e. The largest absolute Gasteiger partial charge is 0.497 e. The number of aliphatic hydroxyl groups excluding tert-OH is 1. The molecule has 5 rings (SSSR count). The number of aliphatic hydroxyl groups is 1. The lowest BCUT2D eigenvalue weighted by Gasteiger charge is -2.39. The number of carbonyl (C=O) groups is 3. The number of ether oxygens (including phenoxy) is 3. The SMILES string of the molecule is C=CCN(C(=O)C1N([C@@H](CC)CO)C(=O)[C@@H]2[C@@H](C(=O)N(CC=C)c3ccc(OCC)cc3)[C@]3(C)OC12CC3C)c1ccc(OC)cc1. The lowest BCUT2D eigenvalue weighted by atomic mass is 9.62. The summed E-state index contributed by atoms with van der Waals surface area (Å²) in [5, 5.41) is 10.5. The quantitative estimate of drug-likeness (QED) is 0.299. The Hall–Kier alpha value is -4.15. The Bertz CT molecular complexity index is 1490. The molecule has 252 valence electrons. The van der Waals surface area contributed by atoms with Crippen LogP contribution in [-0.2, 0) is 19.1 Å². The minimum atomic E-state index is -1.28. The zero-order chi connectivity index (χ0) is 34.1. The molecule has 2 bridgehead atoms. The van der Waals surface area contributed by atoms with Crippen LogP contribution in [0.1, 0.15) is 40.5 Å². The monoisotopic (exact) mass is 645 g/mol. The summed E-state index contributed by atoms with van der Waals surface area (Å²) < 4.78 is 17.9. The third kappa shape index (κ3) is 5.51. The predicted octanol–water partition coefficient (Wildman–Crippen LogP) is 4.61. The molecule has 1 spiro atoms. The van der Waals surface area contributed by atoms with Crippen molar-refractivity contribution in [2.75, 3.05) is 43.2 Å². The molecule has 0 saturated carbocycles. The molecule has 0 aliphatic carbocycles. The van der Waals surface area contributed by atoms with Crippen LogP contribution in [-0.4, -0.2) is 84.4 Å². The predicted molar refractivity (Wildman–Crippen MR) is 180 cm³/mol. The van der Waals surface area contributed by atoms with E-state index in [0.29, 0.717) is 42.3 Å². The molecule has 3 aliphatic rings. The second-order valence-corrected chi connectivity index (χ2v) is 12.8. The van der Waals surface area contributed by atoms with Crippen LogP contribution >= 0.6 is 0 Å². The maximum Gasteiger partial charge on any atom is 0.253 e. The van der Waals surface area contributed by atoms with E-state index in [0.717, 1.165) is 0 Å². The molecule has 2 aromatic carbocycles. The molecular weight excluding hydrogens is 598 g/mol. The Kier molecular flexibility index (Phi) is 9.84. The maximum atomic E-state index is 14.9. The highest BCUT2D eigenvalue weighted by Crippen LogP contribution is 2.66. The molecule has 3 unspecified atom stereocenters. The summed E-state index contributed by atoms with van der Waals surface area (Å²) in [5.74, 6) is -1.61. The van der Waals surface area contributed by atoms with Crippen LogP contribution in [0.2, 0.25) is 0 Å².